The quantitative estimate of drug-likeness (QED) is 0.572. The zero-order valence-electron chi connectivity index (χ0n) is 7.42. The number of hydrogen-bond donors (Lipinski definition) is 0. The highest BCUT2D eigenvalue weighted by Crippen LogP contribution is 2.25. The number of halogens is 3. The highest BCUT2D eigenvalue weighted by molar-refractivity contribution is 14.1. The molecule has 0 aliphatic heterocycles. The highest BCUT2D eigenvalue weighted by atomic mass is 127. The Bertz CT molecular complexity index is 503. The Hall–Kier alpha value is -0.390. The molecule has 5 heteroatoms. The first kappa shape index (κ1) is 11.1. The van der Waals surface area contributed by atoms with E-state index in [1.165, 1.54) is 0 Å². The third-order valence-corrected chi connectivity index (χ3v) is 3.53. The van der Waals surface area contributed by atoms with Crippen LogP contribution in [0.1, 0.15) is 0 Å². The molecule has 2 aromatic heterocycles. The van der Waals surface area contributed by atoms with E-state index in [1.807, 2.05) is 12.1 Å². The molecule has 0 unspecified atom stereocenters. The van der Waals surface area contributed by atoms with Crippen molar-refractivity contribution in [3.05, 3.63) is 44.5 Å². The van der Waals surface area contributed by atoms with Crippen LogP contribution in [0, 0.1) is 3.70 Å². The largest absolute Gasteiger partial charge is 0.248 e. The molecule has 0 aromatic carbocycles. The van der Waals surface area contributed by atoms with E-state index < -0.39 is 0 Å². The first-order valence-corrected chi connectivity index (χ1v) is 5.93. The molecule has 2 aromatic rings. The van der Waals surface area contributed by atoms with E-state index in [1.54, 1.807) is 18.5 Å². The van der Waals surface area contributed by atoms with Crippen molar-refractivity contribution in [3.63, 3.8) is 0 Å². The average molecular weight is 351 g/mol. The molecule has 0 saturated carbocycles. The first-order valence-electron chi connectivity index (χ1n) is 4.10. The molecule has 2 rings (SSSR count). The number of hydrogen-bond acceptors (Lipinski definition) is 2. The minimum atomic E-state index is 0.460. The summed E-state index contributed by atoms with van der Waals surface area (Å²) in [6.45, 7) is 0. The lowest BCUT2D eigenvalue weighted by atomic mass is 10.1. The lowest BCUT2D eigenvalue weighted by molar-refractivity contribution is 1.27. The van der Waals surface area contributed by atoms with Gasteiger partial charge in [-0.1, -0.05) is 23.2 Å². The molecule has 0 aliphatic rings. The van der Waals surface area contributed by atoms with Crippen LogP contribution in [0.2, 0.25) is 10.2 Å². The summed E-state index contributed by atoms with van der Waals surface area (Å²) in [4.78, 5) is 8.09. The van der Waals surface area contributed by atoms with Crippen LogP contribution in [-0.4, -0.2) is 9.97 Å². The van der Waals surface area contributed by atoms with E-state index in [-0.39, 0.29) is 0 Å². The van der Waals surface area contributed by atoms with Crippen molar-refractivity contribution in [1.29, 1.82) is 0 Å². The van der Waals surface area contributed by atoms with Crippen LogP contribution in [0.4, 0.5) is 0 Å². The van der Waals surface area contributed by atoms with Crippen molar-refractivity contribution in [2.24, 2.45) is 0 Å². The van der Waals surface area contributed by atoms with Gasteiger partial charge in [-0.25, -0.2) is 9.97 Å². The van der Waals surface area contributed by atoms with E-state index in [0.717, 1.165) is 14.8 Å². The SMILES string of the molecule is Clc1cc(-c2cnc(I)c(Cl)c2)ccn1. The van der Waals surface area contributed by atoms with Crippen LogP contribution >= 0.6 is 45.8 Å². The molecule has 15 heavy (non-hydrogen) atoms. The molecule has 2 heterocycles. The summed E-state index contributed by atoms with van der Waals surface area (Å²) in [6.07, 6.45) is 3.42. The van der Waals surface area contributed by atoms with Gasteiger partial charge in [0.15, 0.2) is 0 Å². The van der Waals surface area contributed by atoms with Gasteiger partial charge in [-0.3, -0.25) is 0 Å². The Labute approximate surface area is 111 Å². The van der Waals surface area contributed by atoms with Crippen LogP contribution in [0.3, 0.4) is 0 Å². The Morgan fingerprint density at radius 2 is 1.87 bits per heavy atom. The number of rotatable bonds is 1. The summed E-state index contributed by atoms with van der Waals surface area (Å²) < 4.78 is 0.790. The maximum Gasteiger partial charge on any atom is 0.129 e. The Balaban J connectivity index is 2.50. The molecular weight excluding hydrogens is 346 g/mol. The smallest absolute Gasteiger partial charge is 0.129 e. The van der Waals surface area contributed by atoms with Gasteiger partial charge in [-0.2, -0.15) is 0 Å². The lowest BCUT2D eigenvalue weighted by Crippen LogP contribution is -1.85. The molecule has 76 valence electrons. The molecule has 0 atom stereocenters. The van der Waals surface area contributed by atoms with Crippen LogP contribution in [0.5, 0.6) is 0 Å². The van der Waals surface area contributed by atoms with Gasteiger partial charge in [-0.15, -0.1) is 0 Å². The minimum absolute atomic E-state index is 0.460. The van der Waals surface area contributed by atoms with Crippen molar-refractivity contribution in [3.8, 4) is 11.1 Å². The lowest BCUT2D eigenvalue weighted by Gasteiger charge is -2.02. The number of aromatic nitrogens is 2. The standard InChI is InChI=1S/C10H5Cl2IN2/c11-8-3-7(5-15-10(8)13)6-1-2-14-9(12)4-6/h1-5H. The third kappa shape index (κ3) is 2.59. The molecule has 0 spiro atoms. The second kappa shape index (κ2) is 4.63. The normalized spacial score (nSPS) is 10.3. The second-order valence-corrected chi connectivity index (χ2v) is 4.68. The fourth-order valence-corrected chi connectivity index (χ4v) is 1.80. The molecule has 0 saturated heterocycles. The topological polar surface area (TPSA) is 25.8 Å². The predicted molar refractivity (Wildman–Crippen MR) is 70.2 cm³/mol. The zero-order chi connectivity index (χ0) is 10.8. The van der Waals surface area contributed by atoms with E-state index in [4.69, 9.17) is 23.2 Å². The Morgan fingerprint density at radius 1 is 1.07 bits per heavy atom. The van der Waals surface area contributed by atoms with Crippen molar-refractivity contribution >= 4 is 45.8 Å². The molecule has 2 nitrogen and oxygen atoms in total. The molecule has 0 aliphatic carbocycles. The van der Waals surface area contributed by atoms with Gasteiger partial charge in [0.1, 0.15) is 8.85 Å². The van der Waals surface area contributed by atoms with Crippen molar-refractivity contribution in [2.75, 3.05) is 0 Å². The van der Waals surface area contributed by atoms with E-state index in [0.29, 0.717) is 10.2 Å². The first-order chi connectivity index (χ1) is 7.16. The van der Waals surface area contributed by atoms with Gasteiger partial charge in [0, 0.05) is 18.0 Å². The molecular formula is C10H5Cl2IN2. The predicted octanol–water partition coefficient (Wildman–Crippen LogP) is 4.06. The summed E-state index contributed by atoms with van der Waals surface area (Å²) in [5, 5.41) is 1.10. The third-order valence-electron chi connectivity index (χ3n) is 1.86. The van der Waals surface area contributed by atoms with E-state index >= 15 is 0 Å². The van der Waals surface area contributed by atoms with Crippen molar-refractivity contribution < 1.29 is 0 Å². The fraction of sp³-hybridized carbons (Fsp3) is 0. The molecule has 0 radical (unpaired) electrons. The molecule has 0 N–H and O–H groups in total. The number of nitrogens with zero attached hydrogens (tertiary/aromatic N) is 2. The maximum absolute atomic E-state index is 5.98. The summed E-state index contributed by atoms with van der Waals surface area (Å²) in [5.74, 6) is 0. The molecule has 0 fully saturated rings. The average Bonchev–Trinajstić information content (AvgIpc) is 2.22. The minimum Gasteiger partial charge on any atom is -0.248 e. The fourth-order valence-electron chi connectivity index (χ4n) is 1.16. The highest BCUT2D eigenvalue weighted by Gasteiger charge is 2.03. The van der Waals surface area contributed by atoms with Crippen molar-refractivity contribution in [1.82, 2.24) is 9.97 Å². The second-order valence-electron chi connectivity index (χ2n) is 2.86. The van der Waals surface area contributed by atoms with Gasteiger partial charge in [0.25, 0.3) is 0 Å². The Morgan fingerprint density at radius 3 is 2.53 bits per heavy atom. The van der Waals surface area contributed by atoms with Crippen molar-refractivity contribution in [2.45, 2.75) is 0 Å². The molecule has 0 bridgehead atoms. The van der Waals surface area contributed by atoms with Gasteiger partial charge < -0.3 is 0 Å². The van der Waals surface area contributed by atoms with E-state index in [2.05, 4.69) is 32.6 Å². The van der Waals surface area contributed by atoms with Crippen LogP contribution in [0.25, 0.3) is 11.1 Å². The number of pyridine rings is 2. The summed E-state index contributed by atoms with van der Waals surface area (Å²) in [5.41, 5.74) is 1.89. The van der Waals surface area contributed by atoms with Gasteiger partial charge in [0.05, 0.1) is 5.02 Å². The zero-order valence-corrected chi connectivity index (χ0v) is 11.1. The van der Waals surface area contributed by atoms with E-state index in [9.17, 15) is 0 Å². The van der Waals surface area contributed by atoms with Gasteiger partial charge >= 0.3 is 0 Å². The van der Waals surface area contributed by atoms with Crippen LogP contribution in [-0.2, 0) is 0 Å². The summed E-state index contributed by atoms with van der Waals surface area (Å²) >= 11 is 13.9. The van der Waals surface area contributed by atoms with Gasteiger partial charge in [-0.05, 0) is 46.4 Å². The summed E-state index contributed by atoms with van der Waals surface area (Å²) in [6, 6.07) is 5.51. The Kier molecular flexibility index (Phi) is 3.43. The van der Waals surface area contributed by atoms with Crippen LogP contribution in [0.15, 0.2) is 30.6 Å². The van der Waals surface area contributed by atoms with Crippen LogP contribution < -0.4 is 0 Å². The maximum atomic E-state index is 5.98. The van der Waals surface area contributed by atoms with Gasteiger partial charge in [0.2, 0.25) is 0 Å². The molecule has 0 amide bonds. The monoisotopic (exact) mass is 350 g/mol. The summed E-state index contributed by atoms with van der Waals surface area (Å²) in [7, 11) is 0.